The molecule has 0 bridgehead atoms. The molecule has 2 heterocycles. The third-order valence-electron chi connectivity index (χ3n) is 4.43. The van der Waals surface area contributed by atoms with Crippen molar-refractivity contribution in [3.8, 4) is 0 Å². The smallest absolute Gasteiger partial charge is 0.175 e. The van der Waals surface area contributed by atoms with Gasteiger partial charge in [-0.1, -0.05) is 28.1 Å². The second kappa shape index (κ2) is 4.53. The van der Waals surface area contributed by atoms with Gasteiger partial charge in [-0.15, -0.1) is 0 Å². The van der Waals surface area contributed by atoms with Crippen molar-refractivity contribution in [3.05, 3.63) is 34.3 Å². The highest BCUT2D eigenvalue weighted by molar-refractivity contribution is 9.10. The number of benzene rings is 1. The van der Waals surface area contributed by atoms with Crippen LogP contribution in [0.4, 0.5) is 0 Å². The summed E-state index contributed by atoms with van der Waals surface area (Å²) in [6.45, 7) is 1.91. The molecule has 2 aliphatic heterocycles. The van der Waals surface area contributed by atoms with E-state index in [1.165, 1.54) is 18.4 Å². The van der Waals surface area contributed by atoms with Gasteiger partial charge in [0.1, 0.15) is 11.4 Å². The zero-order valence-corrected chi connectivity index (χ0v) is 13.5. The summed E-state index contributed by atoms with van der Waals surface area (Å²) in [5.74, 6) is 1.76. The van der Waals surface area contributed by atoms with Gasteiger partial charge in [-0.2, -0.15) is 0 Å². The number of rotatable bonds is 2. The SMILES string of the molecule is S=C1NC(c2cccc(Br)c2)(C2CC2)C2=NCCCN12. The van der Waals surface area contributed by atoms with Crippen LogP contribution in [0.3, 0.4) is 0 Å². The lowest BCUT2D eigenvalue weighted by atomic mass is 9.84. The first-order valence-electron chi connectivity index (χ1n) is 7.12. The van der Waals surface area contributed by atoms with Crippen LogP contribution in [0.5, 0.6) is 0 Å². The maximum Gasteiger partial charge on any atom is 0.175 e. The zero-order valence-electron chi connectivity index (χ0n) is 11.1. The average Bonchev–Trinajstić information content (AvgIpc) is 3.26. The second-order valence-corrected chi connectivity index (χ2v) is 7.04. The van der Waals surface area contributed by atoms with Crippen LogP contribution in [0.2, 0.25) is 0 Å². The van der Waals surface area contributed by atoms with Gasteiger partial charge in [0.05, 0.1) is 0 Å². The van der Waals surface area contributed by atoms with Gasteiger partial charge in [-0.05, 0) is 55.1 Å². The van der Waals surface area contributed by atoms with E-state index in [0.29, 0.717) is 5.92 Å². The van der Waals surface area contributed by atoms with Crippen LogP contribution >= 0.6 is 28.1 Å². The van der Waals surface area contributed by atoms with Crippen LogP contribution in [0.25, 0.3) is 0 Å². The van der Waals surface area contributed by atoms with E-state index >= 15 is 0 Å². The molecule has 0 spiro atoms. The Morgan fingerprint density at radius 2 is 2.25 bits per heavy atom. The molecule has 1 saturated heterocycles. The summed E-state index contributed by atoms with van der Waals surface area (Å²) < 4.78 is 1.11. The Balaban J connectivity index is 1.89. The van der Waals surface area contributed by atoms with Crippen molar-refractivity contribution in [2.24, 2.45) is 10.9 Å². The predicted octanol–water partition coefficient (Wildman–Crippen LogP) is 3.05. The lowest BCUT2D eigenvalue weighted by Crippen LogP contribution is -2.47. The van der Waals surface area contributed by atoms with Crippen LogP contribution in [0, 0.1) is 5.92 Å². The molecular formula is C15H16BrN3S. The van der Waals surface area contributed by atoms with Gasteiger partial charge in [0.2, 0.25) is 0 Å². The highest BCUT2D eigenvalue weighted by Gasteiger charge is 2.57. The van der Waals surface area contributed by atoms with Gasteiger partial charge in [-0.25, -0.2) is 0 Å². The first-order chi connectivity index (χ1) is 9.72. The number of nitrogens with zero attached hydrogens (tertiary/aromatic N) is 2. The summed E-state index contributed by atoms with van der Waals surface area (Å²) in [5, 5.41) is 4.46. The molecule has 0 amide bonds. The first kappa shape index (κ1) is 12.8. The molecule has 1 N–H and O–H groups in total. The quantitative estimate of drug-likeness (QED) is 0.831. The van der Waals surface area contributed by atoms with Gasteiger partial charge < -0.3 is 10.2 Å². The van der Waals surface area contributed by atoms with Crippen LogP contribution in [-0.4, -0.2) is 28.9 Å². The fourth-order valence-electron chi connectivity index (χ4n) is 3.40. The van der Waals surface area contributed by atoms with E-state index in [2.05, 4.69) is 50.4 Å². The molecule has 2 fully saturated rings. The number of halogens is 1. The molecule has 4 rings (SSSR count). The van der Waals surface area contributed by atoms with Gasteiger partial charge in [-0.3, -0.25) is 4.99 Å². The third-order valence-corrected chi connectivity index (χ3v) is 5.24. The predicted molar refractivity (Wildman–Crippen MR) is 87.9 cm³/mol. The van der Waals surface area contributed by atoms with Crippen molar-refractivity contribution < 1.29 is 0 Å². The molecule has 5 heteroatoms. The Labute approximate surface area is 132 Å². The third kappa shape index (κ3) is 1.76. The summed E-state index contributed by atoms with van der Waals surface area (Å²) in [6.07, 6.45) is 3.58. The number of aliphatic imine (C=N–C) groups is 1. The molecule has 1 aromatic rings. The molecule has 1 saturated carbocycles. The van der Waals surface area contributed by atoms with Gasteiger partial charge in [0, 0.05) is 17.6 Å². The van der Waals surface area contributed by atoms with Crippen molar-refractivity contribution in [2.75, 3.05) is 13.1 Å². The molecule has 1 unspecified atom stereocenters. The minimum atomic E-state index is -0.193. The standard InChI is InChI=1S/C15H16BrN3S/c16-12-4-1-3-11(9-12)15(10-5-6-10)13-17-7-2-8-19(13)14(20)18-15/h1,3-4,9-10H,2,5-8H2,(H,18,20). The molecule has 1 aliphatic carbocycles. The Kier molecular flexibility index (Phi) is 2.89. The van der Waals surface area contributed by atoms with Crippen molar-refractivity contribution in [1.82, 2.24) is 10.2 Å². The van der Waals surface area contributed by atoms with Crippen molar-refractivity contribution >= 4 is 39.1 Å². The molecule has 3 aliphatic rings. The van der Waals surface area contributed by atoms with Crippen LogP contribution < -0.4 is 5.32 Å². The van der Waals surface area contributed by atoms with E-state index in [9.17, 15) is 0 Å². The molecule has 0 aromatic heterocycles. The monoisotopic (exact) mass is 349 g/mol. The molecule has 104 valence electrons. The van der Waals surface area contributed by atoms with Crippen LogP contribution in [0.1, 0.15) is 24.8 Å². The number of thiocarbonyl (C=S) groups is 1. The first-order valence-corrected chi connectivity index (χ1v) is 8.32. The summed E-state index contributed by atoms with van der Waals surface area (Å²) in [4.78, 5) is 7.05. The Morgan fingerprint density at radius 1 is 1.40 bits per heavy atom. The second-order valence-electron chi connectivity index (χ2n) is 5.73. The van der Waals surface area contributed by atoms with Crippen LogP contribution in [0.15, 0.2) is 33.7 Å². The fraction of sp³-hybridized carbons (Fsp3) is 0.467. The fourth-order valence-corrected chi connectivity index (χ4v) is 4.14. The average molecular weight is 350 g/mol. The number of hydrogen-bond acceptors (Lipinski definition) is 2. The maximum atomic E-state index is 5.57. The molecule has 1 atom stereocenters. The summed E-state index contributed by atoms with van der Waals surface area (Å²) >= 11 is 9.16. The Bertz CT molecular complexity index is 611. The number of nitrogens with one attached hydrogen (secondary N) is 1. The van der Waals surface area contributed by atoms with Crippen molar-refractivity contribution in [2.45, 2.75) is 24.8 Å². The molecule has 3 nitrogen and oxygen atoms in total. The molecular weight excluding hydrogens is 334 g/mol. The normalized spacial score (nSPS) is 28.9. The summed E-state index contributed by atoms with van der Waals surface area (Å²) in [7, 11) is 0. The lowest BCUT2D eigenvalue weighted by Gasteiger charge is -2.33. The molecule has 0 radical (unpaired) electrons. The van der Waals surface area contributed by atoms with Crippen LogP contribution in [-0.2, 0) is 5.54 Å². The van der Waals surface area contributed by atoms with Crippen molar-refractivity contribution in [3.63, 3.8) is 0 Å². The van der Waals surface area contributed by atoms with Crippen molar-refractivity contribution in [1.29, 1.82) is 0 Å². The largest absolute Gasteiger partial charge is 0.346 e. The van der Waals surface area contributed by atoms with Gasteiger partial charge in [0.15, 0.2) is 5.11 Å². The Hall–Kier alpha value is -0.940. The minimum absolute atomic E-state index is 0.193. The summed E-state index contributed by atoms with van der Waals surface area (Å²) in [6, 6.07) is 8.56. The highest BCUT2D eigenvalue weighted by Crippen LogP contribution is 2.50. The van der Waals surface area contributed by atoms with E-state index in [0.717, 1.165) is 34.9 Å². The van der Waals surface area contributed by atoms with E-state index in [1.807, 2.05) is 0 Å². The zero-order chi connectivity index (χ0) is 13.7. The molecule has 20 heavy (non-hydrogen) atoms. The Morgan fingerprint density at radius 3 is 3.00 bits per heavy atom. The van der Waals surface area contributed by atoms with E-state index in [-0.39, 0.29) is 5.54 Å². The minimum Gasteiger partial charge on any atom is -0.346 e. The number of fused-ring (bicyclic) bond motifs is 1. The van der Waals surface area contributed by atoms with Gasteiger partial charge in [0.25, 0.3) is 0 Å². The number of hydrogen-bond donors (Lipinski definition) is 1. The van der Waals surface area contributed by atoms with Gasteiger partial charge >= 0.3 is 0 Å². The van der Waals surface area contributed by atoms with E-state index in [1.54, 1.807) is 0 Å². The topological polar surface area (TPSA) is 27.6 Å². The number of amidine groups is 1. The van der Waals surface area contributed by atoms with E-state index in [4.69, 9.17) is 17.2 Å². The van der Waals surface area contributed by atoms with E-state index < -0.39 is 0 Å². The lowest BCUT2D eigenvalue weighted by molar-refractivity contribution is 0.460. The summed E-state index contributed by atoms with van der Waals surface area (Å²) in [5.41, 5.74) is 1.08. The maximum absolute atomic E-state index is 5.57. The molecule has 1 aromatic carbocycles. The highest BCUT2D eigenvalue weighted by atomic mass is 79.9.